The first-order valence-corrected chi connectivity index (χ1v) is 31.1. The molecule has 0 aliphatic carbocycles. The highest BCUT2D eigenvalue weighted by Crippen LogP contribution is 2.15. The van der Waals surface area contributed by atoms with Gasteiger partial charge in [0.25, 0.3) is 0 Å². The summed E-state index contributed by atoms with van der Waals surface area (Å²) in [6.07, 6.45) is 80.0. The van der Waals surface area contributed by atoms with Crippen molar-refractivity contribution in [3.8, 4) is 0 Å². The molecule has 0 aromatic carbocycles. The van der Waals surface area contributed by atoms with Crippen molar-refractivity contribution in [2.45, 2.75) is 309 Å². The number of hydrogen-bond donors (Lipinski definition) is 0. The second kappa shape index (κ2) is 61.1. The van der Waals surface area contributed by atoms with Crippen LogP contribution in [-0.2, 0) is 28.6 Å². The van der Waals surface area contributed by atoms with Gasteiger partial charge in [-0.1, -0.05) is 254 Å². The molecule has 1 unspecified atom stereocenters. The average molecular weight is 1020 g/mol. The molecule has 0 saturated carbocycles. The predicted molar refractivity (Wildman–Crippen MR) is 316 cm³/mol. The fraction of sp³-hybridized carbons (Fsp3) is 0.746. The van der Waals surface area contributed by atoms with Crippen LogP contribution < -0.4 is 0 Å². The molecule has 0 aliphatic rings. The minimum atomic E-state index is -0.790. The van der Waals surface area contributed by atoms with Gasteiger partial charge in [-0.2, -0.15) is 0 Å². The highest BCUT2D eigenvalue weighted by atomic mass is 16.6. The maximum Gasteiger partial charge on any atom is 0.306 e. The van der Waals surface area contributed by atoms with Crippen molar-refractivity contribution in [2.75, 3.05) is 13.2 Å². The van der Waals surface area contributed by atoms with Crippen molar-refractivity contribution in [1.82, 2.24) is 0 Å². The fourth-order valence-corrected chi connectivity index (χ4v) is 8.69. The van der Waals surface area contributed by atoms with Gasteiger partial charge in [-0.15, -0.1) is 0 Å². The first kappa shape index (κ1) is 69.6. The van der Waals surface area contributed by atoms with Gasteiger partial charge in [-0.05, 0) is 116 Å². The van der Waals surface area contributed by atoms with E-state index >= 15 is 0 Å². The van der Waals surface area contributed by atoms with Gasteiger partial charge < -0.3 is 14.2 Å². The molecule has 0 fully saturated rings. The maximum absolute atomic E-state index is 12.9. The normalized spacial score (nSPS) is 12.6. The summed E-state index contributed by atoms with van der Waals surface area (Å²) in [5.74, 6) is -0.903. The van der Waals surface area contributed by atoms with Crippen LogP contribution in [0.15, 0.2) is 85.1 Å². The average Bonchev–Trinajstić information content (AvgIpc) is 3.39. The monoisotopic (exact) mass is 1020 g/mol. The van der Waals surface area contributed by atoms with E-state index in [4.69, 9.17) is 14.2 Å². The predicted octanol–water partition coefficient (Wildman–Crippen LogP) is 21.1. The lowest BCUT2D eigenvalue weighted by Gasteiger charge is -2.18. The minimum absolute atomic E-state index is 0.0859. The van der Waals surface area contributed by atoms with Crippen molar-refractivity contribution in [3.05, 3.63) is 85.1 Å². The smallest absolute Gasteiger partial charge is 0.306 e. The first-order chi connectivity index (χ1) is 36.0. The Kier molecular flexibility index (Phi) is 58.3. The van der Waals surface area contributed by atoms with E-state index in [1.807, 2.05) is 0 Å². The van der Waals surface area contributed by atoms with Gasteiger partial charge in [-0.3, -0.25) is 14.4 Å². The molecule has 0 bridgehead atoms. The number of hydrogen-bond acceptors (Lipinski definition) is 6. The van der Waals surface area contributed by atoms with E-state index < -0.39 is 6.10 Å². The Balaban J connectivity index is 4.42. The van der Waals surface area contributed by atoms with Crippen LogP contribution in [-0.4, -0.2) is 37.2 Å². The van der Waals surface area contributed by atoms with E-state index in [1.54, 1.807) is 0 Å². The Morgan fingerprint density at radius 2 is 0.534 bits per heavy atom. The molecule has 420 valence electrons. The van der Waals surface area contributed by atoms with Gasteiger partial charge in [0.15, 0.2) is 6.10 Å². The Bertz CT molecular complexity index is 1400. The summed E-state index contributed by atoms with van der Waals surface area (Å²) in [5.41, 5.74) is 0. The zero-order chi connectivity index (χ0) is 52.9. The van der Waals surface area contributed by atoms with Crippen molar-refractivity contribution in [1.29, 1.82) is 0 Å². The Hall–Kier alpha value is -3.41. The molecule has 0 amide bonds. The zero-order valence-corrected chi connectivity index (χ0v) is 48.1. The van der Waals surface area contributed by atoms with Gasteiger partial charge >= 0.3 is 17.9 Å². The van der Waals surface area contributed by atoms with Crippen LogP contribution in [0.5, 0.6) is 0 Å². The summed E-state index contributed by atoms with van der Waals surface area (Å²) < 4.78 is 16.9. The van der Waals surface area contributed by atoms with Crippen molar-refractivity contribution >= 4 is 17.9 Å². The molecule has 6 nitrogen and oxygen atoms in total. The van der Waals surface area contributed by atoms with E-state index in [-0.39, 0.29) is 31.1 Å². The third-order valence-electron chi connectivity index (χ3n) is 13.4. The highest BCUT2D eigenvalue weighted by Gasteiger charge is 2.19. The summed E-state index contributed by atoms with van der Waals surface area (Å²) in [6.45, 7) is 6.52. The number of carbonyl (C=O) groups excluding carboxylic acids is 3. The number of allylic oxidation sites excluding steroid dienone is 14. The van der Waals surface area contributed by atoms with Crippen LogP contribution in [0.1, 0.15) is 303 Å². The molecular formula is C67H116O6. The first-order valence-electron chi connectivity index (χ1n) is 31.1. The van der Waals surface area contributed by atoms with Gasteiger partial charge in [-0.25, -0.2) is 0 Å². The molecule has 0 heterocycles. The standard InChI is InChI=1S/C67H116O6/c1-4-7-10-13-16-19-22-25-28-31-32-33-34-37-39-42-45-48-51-54-57-60-66(69)72-63-64(73-67(70)61-58-55-52-49-46-43-40-36-30-27-24-21-18-15-12-9-6-3)62-71-65(68)59-56-53-50-47-44-41-38-35-29-26-23-20-17-14-11-8-5-2/h7,10,16,19,25-30,32-33,37,39,64H,4-6,8-9,11-15,17-18,20-24,31,34-36,38,40-63H2,1-3H3/b10-7-,19-16-,28-25-,29-26-,30-27-,33-32-,39-37-. The lowest BCUT2D eigenvalue weighted by Crippen LogP contribution is -2.30. The number of rotatable bonds is 56. The quantitative estimate of drug-likeness (QED) is 0.0261. The van der Waals surface area contributed by atoms with Crippen LogP contribution >= 0.6 is 0 Å². The van der Waals surface area contributed by atoms with E-state index in [1.165, 1.54) is 154 Å². The molecule has 0 radical (unpaired) electrons. The summed E-state index contributed by atoms with van der Waals surface area (Å²) >= 11 is 0. The second-order valence-electron chi connectivity index (χ2n) is 20.6. The van der Waals surface area contributed by atoms with Crippen LogP contribution in [0.2, 0.25) is 0 Å². The highest BCUT2D eigenvalue weighted by molar-refractivity contribution is 5.71. The molecule has 0 aromatic rings. The lowest BCUT2D eigenvalue weighted by molar-refractivity contribution is -0.167. The molecule has 73 heavy (non-hydrogen) atoms. The summed E-state index contributed by atoms with van der Waals surface area (Å²) in [4.78, 5) is 38.3. The minimum Gasteiger partial charge on any atom is -0.462 e. The van der Waals surface area contributed by atoms with E-state index in [0.717, 1.165) is 109 Å². The largest absolute Gasteiger partial charge is 0.462 e. The third kappa shape index (κ3) is 59.3. The molecule has 6 heteroatoms. The molecule has 0 spiro atoms. The van der Waals surface area contributed by atoms with Crippen molar-refractivity contribution in [2.24, 2.45) is 0 Å². The number of unbranched alkanes of at least 4 members (excludes halogenated alkanes) is 31. The second-order valence-corrected chi connectivity index (χ2v) is 20.6. The number of ether oxygens (including phenoxy) is 3. The number of carbonyl (C=O) groups is 3. The molecule has 0 rings (SSSR count). The van der Waals surface area contributed by atoms with Gasteiger partial charge in [0.05, 0.1) is 0 Å². The van der Waals surface area contributed by atoms with E-state index in [0.29, 0.717) is 19.3 Å². The maximum atomic E-state index is 12.9. The third-order valence-corrected chi connectivity index (χ3v) is 13.4. The summed E-state index contributed by atoms with van der Waals surface area (Å²) in [7, 11) is 0. The SMILES string of the molecule is CC/C=C\C/C=C\C/C=C\C/C=C\C/C=C\CCCCCCCC(=O)OCC(COC(=O)CCCCCCCCC/C=C\CCCCCCCC)OC(=O)CCCCCCCCC/C=C\CCCCCCCC. The molecule has 0 N–H and O–H groups in total. The van der Waals surface area contributed by atoms with Crippen molar-refractivity contribution < 1.29 is 28.6 Å². The zero-order valence-electron chi connectivity index (χ0n) is 48.1. The topological polar surface area (TPSA) is 78.9 Å². The Morgan fingerprint density at radius 1 is 0.288 bits per heavy atom. The molecule has 0 saturated heterocycles. The number of esters is 3. The molecule has 0 aromatic heterocycles. The lowest BCUT2D eigenvalue weighted by atomic mass is 10.1. The van der Waals surface area contributed by atoms with Crippen LogP contribution in [0.25, 0.3) is 0 Å². The summed E-state index contributed by atoms with van der Waals surface area (Å²) in [6, 6.07) is 0. The van der Waals surface area contributed by atoms with E-state index in [2.05, 4.69) is 106 Å². The fourth-order valence-electron chi connectivity index (χ4n) is 8.69. The molecular weight excluding hydrogens is 901 g/mol. The van der Waals surface area contributed by atoms with Crippen LogP contribution in [0, 0.1) is 0 Å². The van der Waals surface area contributed by atoms with E-state index in [9.17, 15) is 14.4 Å². The van der Waals surface area contributed by atoms with Crippen LogP contribution in [0.4, 0.5) is 0 Å². The van der Waals surface area contributed by atoms with Gasteiger partial charge in [0.1, 0.15) is 13.2 Å². The molecule has 0 aliphatic heterocycles. The molecule has 1 atom stereocenters. The Morgan fingerprint density at radius 3 is 0.849 bits per heavy atom. The Labute approximate surface area is 452 Å². The van der Waals surface area contributed by atoms with Gasteiger partial charge in [0, 0.05) is 19.3 Å². The van der Waals surface area contributed by atoms with Gasteiger partial charge in [0.2, 0.25) is 0 Å². The van der Waals surface area contributed by atoms with Crippen molar-refractivity contribution in [3.63, 3.8) is 0 Å². The van der Waals surface area contributed by atoms with Crippen LogP contribution in [0.3, 0.4) is 0 Å². The summed E-state index contributed by atoms with van der Waals surface area (Å²) in [5, 5.41) is 0.